The summed E-state index contributed by atoms with van der Waals surface area (Å²) in [7, 11) is 2.00. The van der Waals surface area contributed by atoms with Gasteiger partial charge in [-0.05, 0) is 37.3 Å². The highest BCUT2D eigenvalue weighted by molar-refractivity contribution is 5.62. The number of nitrogen functional groups attached to an aromatic ring is 1. The van der Waals surface area contributed by atoms with Gasteiger partial charge < -0.3 is 15.7 Å². The van der Waals surface area contributed by atoms with Crippen LogP contribution in [-0.2, 0) is 0 Å². The Morgan fingerprint density at radius 1 is 1.56 bits per heavy atom. The lowest BCUT2D eigenvalue weighted by atomic mass is 9.82. The summed E-state index contributed by atoms with van der Waals surface area (Å²) in [5, 5.41) is 9.23. The van der Waals surface area contributed by atoms with E-state index >= 15 is 0 Å². The van der Waals surface area contributed by atoms with Gasteiger partial charge >= 0.3 is 0 Å². The SMILES string of the molecule is Cc1cnc(N(C)CC2CC(O)C2)c(N)c1. The number of aromatic nitrogens is 1. The number of nitrogens with zero attached hydrogens (tertiary/aromatic N) is 2. The predicted molar refractivity (Wildman–Crippen MR) is 65.4 cm³/mol. The molecule has 0 saturated heterocycles. The number of aryl methyl sites for hydroxylation is 1. The summed E-state index contributed by atoms with van der Waals surface area (Å²) in [5.74, 6) is 1.41. The minimum atomic E-state index is -0.0956. The molecule has 4 heteroatoms. The molecule has 0 spiro atoms. The van der Waals surface area contributed by atoms with Crippen molar-refractivity contribution in [2.45, 2.75) is 25.9 Å². The van der Waals surface area contributed by atoms with E-state index in [1.54, 1.807) is 0 Å². The summed E-state index contributed by atoms with van der Waals surface area (Å²) in [4.78, 5) is 6.42. The quantitative estimate of drug-likeness (QED) is 0.804. The van der Waals surface area contributed by atoms with Crippen molar-refractivity contribution in [3.63, 3.8) is 0 Å². The van der Waals surface area contributed by atoms with Crippen LogP contribution in [0.5, 0.6) is 0 Å². The largest absolute Gasteiger partial charge is 0.396 e. The maximum atomic E-state index is 9.23. The molecule has 2 rings (SSSR count). The van der Waals surface area contributed by atoms with Crippen LogP contribution in [0.1, 0.15) is 18.4 Å². The Morgan fingerprint density at radius 2 is 2.25 bits per heavy atom. The highest BCUT2D eigenvalue weighted by atomic mass is 16.3. The Hall–Kier alpha value is -1.29. The zero-order valence-electron chi connectivity index (χ0n) is 9.85. The van der Waals surface area contributed by atoms with Crippen LogP contribution in [0.3, 0.4) is 0 Å². The highest BCUT2D eigenvalue weighted by Gasteiger charge is 2.28. The van der Waals surface area contributed by atoms with Gasteiger partial charge in [-0.3, -0.25) is 0 Å². The van der Waals surface area contributed by atoms with Crippen molar-refractivity contribution in [2.24, 2.45) is 5.92 Å². The Labute approximate surface area is 96.1 Å². The van der Waals surface area contributed by atoms with E-state index in [-0.39, 0.29) is 6.10 Å². The number of hydrogen-bond donors (Lipinski definition) is 2. The van der Waals surface area contributed by atoms with Crippen LogP contribution in [0.15, 0.2) is 12.3 Å². The van der Waals surface area contributed by atoms with Gasteiger partial charge in [0.1, 0.15) is 0 Å². The lowest BCUT2D eigenvalue weighted by molar-refractivity contribution is 0.0464. The van der Waals surface area contributed by atoms with Crippen LogP contribution in [0.2, 0.25) is 0 Å². The van der Waals surface area contributed by atoms with Gasteiger partial charge in [0.05, 0.1) is 11.8 Å². The summed E-state index contributed by atoms with van der Waals surface area (Å²) in [5.41, 5.74) is 7.73. The van der Waals surface area contributed by atoms with Crippen LogP contribution < -0.4 is 10.6 Å². The molecule has 1 aromatic rings. The minimum absolute atomic E-state index is 0.0956. The lowest BCUT2D eigenvalue weighted by Gasteiger charge is -2.35. The predicted octanol–water partition coefficient (Wildman–Crippen LogP) is 1.18. The first-order chi connectivity index (χ1) is 7.56. The highest BCUT2D eigenvalue weighted by Crippen LogP contribution is 2.29. The maximum absolute atomic E-state index is 9.23. The molecule has 88 valence electrons. The molecule has 0 unspecified atom stereocenters. The van der Waals surface area contributed by atoms with Gasteiger partial charge in [-0.1, -0.05) is 0 Å². The van der Waals surface area contributed by atoms with E-state index in [0.717, 1.165) is 36.5 Å². The Bertz CT molecular complexity index is 375. The van der Waals surface area contributed by atoms with Gasteiger partial charge in [0.2, 0.25) is 0 Å². The van der Waals surface area contributed by atoms with E-state index < -0.39 is 0 Å². The average molecular weight is 221 g/mol. The molecule has 0 amide bonds. The number of rotatable bonds is 3. The Balaban J connectivity index is 2.00. The van der Waals surface area contributed by atoms with Crippen LogP contribution >= 0.6 is 0 Å². The van der Waals surface area contributed by atoms with Crippen molar-refractivity contribution in [3.05, 3.63) is 17.8 Å². The number of hydrogen-bond acceptors (Lipinski definition) is 4. The molecular formula is C12H19N3O. The van der Waals surface area contributed by atoms with Crippen molar-refractivity contribution < 1.29 is 5.11 Å². The fourth-order valence-corrected chi connectivity index (χ4v) is 2.23. The third-order valence-electron chi connectivity index (χ3n) is 3.14. The summed E-state index contributed by atoms with van der Waals surface area (Å²) in [6.45, 7) is 2.90. The molecule has 0 atom stereocenters. The molecule has 0 radical (unpaired) electrons. The van der Waals surface area contributed by atoms with Gasteiger partial charge in [0, 0.05) is 19.8 Å². The molecule has 1 aromatic heterocycles. The van der Waals surface area contributed by atoms with E-state index in [9.17, 15) is 5.11 Å². The molecule has 16 heavy (non-hydrogen) atoms. The molecule has 4 nitrogen and oxygen atoms in total. The van der Waals surface area contributed by atoms with Gasteiger partial charge in [-0.25, -0.2) is 4.98 Å². The second kappa shape index (κ2) is 4.29. The van der Waals surface area contributed by atoms with E-state index in [4.69, 9.17) is 5.73 Å². The maximum Gasteiger partial charge on any atom is 0.151 e. The summed E-state index contributed by atoms with van der Waals surface area (Å²) < 4.78 is 0. The first-order valence-electron chi connectivity index (χ1n) is 5.67. The number of anilines is 2. The summed E-state index contributed by atoms with van der Waals surface area (Å²) in [6, 6.07) is 1.94. The number of aliphatic hydroxyl groups excluding tert-OH is 1. The molecule has 0 bridgehead atoms. The number of aliphatic hydroxyl groups is 1. The first kappa shape index (κ1) is 11.2. The van der Waals surface area contributed by atoms with Gasteiger partial charge in [0.25, 0.3) is 0 Å². The summed E-state index contributed by atoms with van der Waals surface area (Å²) in [6.07, 6.45) is 3.53. The summed E-state index contributed by atoms with van der Waals surface area (Å²) >= 11 is 0. The molecule has 1 aliphatic carbocycles. The van der Waals surface area contributed by atoms with Crippen molar-refractivity contribution in [1.29, 1.82) is 0 Å². The van der Waals surface area contributed by atoms with E-state index in [1.807, 2.05) is 26.2 Å². The second-order valence-corrected chi connectivity index (χ2v) is 4.80. The molecule has 1 fully saturated rings. The molecule has 1 heterocycles. The smallest absolute Gasteiger partial charge is 0.151 e. The van der Waals surface area contributed by atoms with Gasteiger partial charge in [-0.2, -0.15) is 0 Å². The van der Waals surface area contributed by atoms with Crippen LogP contribution in [0.25, 0.3) is 0 Å². The van der Waals surface area contributed by atoms with Crippen LogP contribution in [0.4, 0.5) is 11.5 Å². The zero-order chi connectivity index (χ0) is 11.7. The average Bonchev–Trinajstić information content (AvgIpc) is 2.15. The van der Waals surface area contributed by atoms with Crippen molar-refractivity contribution in [3.8, 4) is 0 Å². The molecule has 0 aromatic carbocycles. The van der Waals surface area contributed by atoms with E-state index in [0.29, 0.717) is 5.92 Å². The van der Waals surface area contributed by atoms with Gasteiger partial charge in [0.15, 0.2) is 5.82 Å². The third-order valence-corrected chi connectivity index (χ3v) is 3.14. The van der Waals surface area contributed by atoms with Gasteiger partial charge in [-0.15, -0.1) is 0 Å². The third kappa shape index (κ3) is 2.27. The minimum Gasteiger partial charge on any atom is -0.396 e. The van der Waals surface area contributed by atoms with E-state index in [2.05, 4.69) is 9.88 Å². The van der Waals surface area contributed by atoms with Crippen molar-refractivity contribution in [2.75, 3.05) is 24.2 Å². The molecular weight excluding hydrogens is 202 g/mol. The monoisotopic (exact) mass is 221 g/mol. The normalized spacial score (nSPS) is 23.9. The number of nitrogens with two attached hydrogens (primary N) is 1. The second-order valence-electron chi connectivity index (χ2n) is 4.80. The topological polar surface area (TPSA) is 62.4 Å². The van der Waals surface area contributed by atoms with Crippen LogP contribution in [-0.4, -0.2) is 29.8 Å². The standard InChI is InChI=1S/C12H19N3O/c1-8-3-11(13)12(14-6-8)15(2)7-9-4-10(16)5-9/h3,6,9-10,16H,4-5,7,13H2,1-2H3. The first-order valence-corrected chi connectivity index (χ1v) is 5.67. The van der Waals surface area contributed by atoms with Crippen molar-refractivity contribution in [1.82, 2.24) is 4.98 Å². The van der Waals surface area contributed by atoms with E-state index in [1.165, 1.54) is 0 Å². The number of pyridine rings is 1. The fourth-order valence-electron chi connectivity index (χ4n) is 2.23. The fraction of sp³-hybridized carbons (Fsp3) is 0.583. The van der Waals surface area contributed by atoms with Crippen molar-refractivity contribution >= 4 is 11.5 Å². The molecule has 0 aliphatic heterocycles. The molecule has 1 saturated carbocycles. The Morgan fingerprint density at radius 3 is 2.81 bits per heavy atom. The van der Waals surface area contributed by atoms with Crippen LogP contribution in [0, 0.1) is 12.8 Å². The molecule has 3 N–H and O–H groups in total. The Kier molecular flexibility index (Phi) is 3.01. The zero-order valence-corrected chi connectivity index (χ0v) is 9.85. The molecule has 1 aliphatic rings. The lowest BCUT2D eigenvalue weighted by Crippen LogP contribution is -2.37.